The highest BCUT2D eigenvalue weighted by molar-refractivity contribution is 5.82. The van der Waals surface area contributed by atoms with Crippen LogP contribution < -0.4 is 15.0 Å². The summed E-state index contributed by atoms with van der Waals surface area (Å²) in [5.74, 6) is 0.967. The number of hydrogen-bond acceptors (Lipinski definition) is 4. The van der Waals surface area contributed by atoms with Gasteiger partial charge in [-0.1, -0.05) is 30.3 Å². The molecule has 4 rings (SSSR count). The molecule has 2 aromatic rings. The molecule has 2 saturated heterocycles. The second-order valence-corrected chi connectivity index (χ2v) is 8.81. The Morgan fingerprint density at radius 3 is 2.38 bits per heavy atom. The molecule has 32 heavy (non-hydrogen) atoms. The van der Waals surface area contributed by atoms with Crippen LogP contribution in [0.15, 0.2) is 54.6 Å². The fraction of sp³-hybridized carbons (Fsp3) is 0.462. The van der Waals surface area contributed by atoms with Gasteiger partial charge in [-0.2, -0.15) is 0 Å². The second-order valence-electron chi connectivity index (χ2n) is 8.81. The van der Waals surface area contributed by atoms with E-state index in [-0.39, 0.29) is 23.8 Å². The van der Waals surface area contributed by atoms with Gasteiger partial charge in [0.2, 0.25) is 11.8 Å². The van der Waals surface area contributed by atoms with Gasteiger partial charge in [-0.3, -0.25) is 9.59 Å². The molecule has 2 aliphatic rings. The van der Waals surface area contributed by atoms with E-state index in [1.54, 1.807) is 7.11 Å². The molecule has 2 aromatic carbocycles. The lowest BCUT2D eigenvalue weighted by atomic mass is 9.95. The van der Waals surface area contributed by atoms with Crippen molar-refractivity contribution in [3.63, 3.8) is 0 Å². The number of hydrogen-bond donors (Lipinski definition) is 1. The molecule has 0 saturated carbocycles. The van der Waals surface area contributed by atoms with Crippen LogP contribution in [-0.4, -0.2) is 56.0 Å². The molecule has 6 nitrogen and oxygen atoms in total. The van der Waals surface area contributed by atoms with Gasteiger partial charge < -0.3 is 19.9 Å². The van der Waals surface area contributed by atoms with Gasteiger partial charge in [-0.05, 0) is 55.5 Å². The summed E-state index contributed by atoms with van der Waals surface area (Å²) in [6.45, 7) is 3.12. The number of amides is 2. The highest BCUT2D eigenvalue weighted by atomic mass is 16.5. The minimum atomic E-state index is -0.108. The zero-order chi connectivity index (χ0) is 22.3. The maximum atomic E-state index is 12.9. The van der Waals surface area contributed by atoms with Crippen molar-refractivity contribution in [2.45, 2.75) is 38.1 Å². The molecule has 1 N–H and O–H groups in total. The smallest absolute Gasteiger partial charge is 0.227 e. The zero-order valence-electron chi connectivity index (χ0n) is 18.8. The molecule has 2 fully saturated rings. The molecule has 1 unspecified atom stereocenters. The Morgan fingerprint density at radius 2 is 1.69 bits per heavy atom. The van der Waals surface area contributed by atoms with Crippen LogP contribution in [0.25, 0.3) is 0 Å². The van der Waals surface area contributed by atoms with Gasteiger partial charge in [-0.25, -0.2) is 0 Å². The summed E-state index contributed by atoms with van der Waals surface area (Å²) >= 11 is 0. The molecule has 2 heterocycles. The Labute approximate surface area is 190 Å². The number of anilines is 1. The van der Waals surface area contributed by atoms with Crippen molar-refractivity contribution in [2.75, 3.05) is 38.2 Å². The van der Waals surface area contributed by atoms with Crippen LogP contribution in [0.5, 0.6) is 5.75 Å². The van der Waals surface area contributed by atoms with Crippen LogP contribution in [0.3, 0.4) is 0 Å². The molecular weight excluding hydrogens is 402 g/mol. The Morgan fingerprint density at radius 1 is 0.969 bits per heavy atom. The topological polar surface area (TPSA) is 61.9 Å². The fourth-order valence-corrected chi connectivity index (χ4v) is 4.69. The predicted octanol–water partition coefficient (Wildman–Crippen LogP) is 3.26. The van der Waals surface area contributed by atoms with Gasteiger partial charge in [0.1, 0.15) is 5.75 Å². The van der Waals surface area contributed by atoms with Gasteiger partial charge in [0.15, 0.2) is 0 Å². The first-order chi connectivity index (χ1) is 15.6. The highest BCUT2D eigenvalue weighted by Crippen LogP contribution is 2.24. The summed E-state index contributed by atoms with van der Waals surface area (Å²) in [5, 5.41) is 3.26. The molecular formula is C26H33N3O3. The average Bonchev–Trinajstić information content (AvgIpc) is 2.85. The first-order valence-corrected chi connectivity index (χ1v) is 11.6. The van der Waals surface area contributed by atoms with Crippen LogP contribution in [0.2, 0.25) is 0 Å². The van der Waals surface area contributed by atoms with Crippen molar-refractivity contribution in [2.24, 2.45) is 5.92 Å². The number of rotatable bonds is 6. The molecule has 0 aromatic heterocycles. The Kier molecular flexibility index (Phi) is 7.30. The molecule has 0 bridgehead atoms. The van der Waals surface area contributed by atoms with E-state index in [0.29, 0.717) is 13.0 Å². The Balaban J connectivity index is 1.24. The summed E-state index contributed by atoms with van der Waals surface area (Å²) in [4.78, 5) is 29.9. The third kappa shape index (κ3) is 5.61. The van der Waals surface area contributed by atoms with E-state index >= 15 is 0 Å². The van der Waals surface area contributed by atoms with E-state index in [2.05, 4.69) is 22.3 Å². The number of benzene rings is 2. The standard InChI is InChI=1S/C26H33N3O3/c1-32-24-11-9-23(10-12-24)28-16-13-22(14-17-28)27-26(31)21-8-5-15-29(19-21)25(30)18-20-6-3-2-4-7-20/h2-4,6-7,9-12,21-22H,5,8,13-19H2,1H3,(H,27,31). The number of likely N-dealkylation sites (tertiary alicyclic amines) is 1. The second kappa shape index (κ2) is 10.5. The molecule has 0 spiro atoms. The summed E-state index contributed by atoms with van der Waals surface area (Å²) in [6, 6.07) is 18.2. The van der Waals surface area contributed by atoms with Gasteiger partial charge >= 0.3 is 0 Å². The van der Waals surface area contributed by atoms with E-state index < -0.39 is 0 Å². The van der Waals surface area contributed by atoms with Gasteiger partial charge in [-0.15, -0.1) is 0 Å². The summed E-state index contributed by atoms with van der Waals surface area (Å²) in [6.07, 6.45) is 4.00. The highest BCUT2D eigenvalue weighted by Gasteiger charge is 2.30. The Bertz CT molecular complexity index is 892. The molecule has 2 amide bonds. The number of nitrogens with one attached hydrogen (secondary N) is 1. The quantitative estimate of drug-likeness (QED) is 0.757. The minimum absolute atomic E-state index is 0.102. The lowest BCUT2D eigenvalue weighted by molar-refractivity contribution is -0.135. The van der Waals surface area contributed by atoms with E-state index in [0.717, 1.165) is 56.6 Å². The molecule has 0 radical (unpaired) electrons. The number of ether oxygens (including phenoxy) is 1. The fourth-order valence-electron chi connectivity index (χ4n) is 4.69. The minimum Gasteiger partial charge on any atom is -0.497 e. The van der Waals surface area contributed by atoms with E-state index in [1.807, 2.05) is 47.4 Å². The monoisotopic (exact) mass is 435 g/mol. The third-order valence-corrected chi connectivity index (χ3v) is 6.62. The number of carbonyl (C=O) groups is 2. The lowest BCUT2D eigenvalue weighted by Crippen LogP contribution is -2.50. The van der Waals surface area contributed by atoms with Crippen LogP contribution in [0, 0.1) is 5.92 Å². The number of carbonyl (C=O) groups excluding carboxylic acids is 2. The first kappa shape index (κ1) is 22.2. The third-order valence-electron chi connectivity index (χ3n) is 6.62. The van der Waals surface area contributed by atoms with Crippen molar-refractivity contribution in [3.05, 3.63) is 60.2 Å². The number of nitrogens with zero attached hydrogens (tertiary/aromatic N) is 2. The SMILES string of the molecule is COc1ccc(N2CCC(NC(=O)C3CCCN(C(=O)Cc4ccccc4)C3)CC2)cc1. The molecule has 2 aliphatic heterocycles. The van der Waals surface area contributed by atoms with Gasteiger partial charge in [0.25, 0.3) is 0 Å². The van der Waals surface area contributed by atoms with Crippen molar-refractivity contribution in [3.8, 4) is 5.75 Å². The van der Waals surface area contributed by atoms with Crippen molar-refractivity contribution in [1.82, 2.24) is 10.2 Å². The largest absolute Gasteiger partial charge is 0.497 e. The Hall–Kier alpha value is -3.02. The van der Waals surface area contributed by atoms with Crippen molar-refractivity contribution < 1.29 is 14.3 Å². The number of piperidine rings is 2. The van der Waals surface area contributed by atoms with Crippen LogP contribution in [0.4, 0.5) is 5.69 Å². The lowest BCUT2D eigenvalue weighted by Gasteiger charge is -2.36. The maximum absolute atomic E-state index is 12.9. The summed E-state index contributed by atoms with van der Waals surface area (Å²) in [5.41, 5.74) is 2.21. The zero-order valence-corrected chi connectivity index (χ0v) is 18.8. The van der Waals surface area contributed by atoms with Crippen molar-refractivity contribution >= 4 is 17.5 Å². The molecule has 0 aliphatic carbocycles. The van der Waals surface area contributed by atoms with Crippen LogP contribution >= 0.6 is 0 Å². The summed E-state index contributed by atoms with van der Waals surface area (Å²) in [7, 11) is 1.67. The first-order valence-electron chi connectivity index (χ1n) is 11.6. The molecule has 6 heteroatoms. The van der Waals surface area contributed by atoms with Crippen LogP contribution in [-0.2, 0) is 16.0 Å². The summed E-state index contributed by atoms with van der Waals surface area (Å²) < 4.78 is 5.24. The van der Waals surface area contributed by atoms with E-state index in [1.165, 1.54) is 5.69 Å². The molecule has 1 atom stereocenters. The average molecular weight is 436 g/mol. The van der Waals surface area contributed by atoms with Gasteiger partial charge in [0, 0.05) is 37.9 Å². The van der Waals surface area contributed by atoms with Gasteiger partial charge in [0.05, 0.1) is 19.4 Å². The molecule has 170 valence electrons. The maximum Gasteiger partial charge on any atom is 0.227 e. The van der Waals surface area contributed by atoms with Crippen molar-refractivity contribution in [1.29, 1.82) is 0 Å². The van der Waals surface area contributed by atoms with Crippen LogP contribution in [0.1, 0.15) is 31.2 Å². The normalized spacial score (nSPS) is 19.5. The predicted molar refractivity (Wildman–Crippen MR) is 126 cm³/mol. The van der Waals surface area contributed by atoms with E-state index in [9.17, 15) is 9.59 Å². The number of methoxy groups -OCH3 is 1. The van der Waals surface area contributed by atoms with E-state index in [4.69, 9.17) is 4.74 Å².